The van der Waals surface area contributed by atoms with Gasteiger partial charge in [0.25, 0.3) is 5.91 Å². The fourth-order valence-corrected chi connectivity index (χ4v) is 1.69. The first-order valence-electron chi connectivity index (χ1n) is 5.63. The lowest BCUT2D eigenvalue weighted by Crippen LogP contribution is -2.28. The summed E-state index contributed by atoms with van der Waals surface area (Å²) < 4.78 is 26.4. The molecule has 0 N–H and O–H groups in total. The Morgan fingerprint density at radius 2 is 2.10 bits per heavy atom. The van der Waals surface area contributed by atoms with Crippen molar-refractivity contribution in [3.05, 3.63) is 59.3 Å². The van der Waals surface area contributed by atoms with Crippen LogP contribution in [0.25, 0.3) is 0 Å². The Kier molecular flexibility index (Phi) is 3.71. The molecule has 0 aliphatic carbocycles. The summed E-state index contributed by atoms with van der Waals surface area (Å²) in [6, 6.07) is 7.62. The van der Waals surface area contributed by atoms with Gasteiger partial charge in [-0.2, -0.15) is 5.26 Å². The van der Waals surface area contributed by atoms with Crippen LogP contribution in [-0.2, 0) is 0 Å². The molecule has 0 radical (unpaired) electrons. The van der Waals surface area contributed by atoms with Gasteiger partial charge in [0.05, 0.1) is 11.1 Å². The van der Waals surface area contributed by atoms with Gasteiger partial charge in [-0.3, -0.25) is 9.69 Å². The fraction of sp³-hybridized carbons (Fsp3) is 0.0714. The Hall–Kier alpha value is -2.81. The van der Waals surface area contributed by atoms with Crippen molar-refractivity contribution in [2.75, 3.05) is 11.9 Å². The molecule has 4 nitrogen and oxygen atoms in total. The molecule has 6 heteroatoms. The molecule has 1 amide bonds. The van der Waals surface area contributed by atoms with Crippen molar-refractivity contribution in [2.24, 2.45) is 0 Å². The summed E-state index contributed by atoms with van der Waals surface area (Å²) in [6.07, 6.45) is 1.42. The van der Waals surface area contributed by atoms with Crippen LogP contribution in [0.3, 0.4) is 0 Å². The van der Waals surface area contributed by atoms with E-state index in [1.54, 1.807) is 6.07 Å². The van der Waals surface area contributed by atoms with Crippen molar-refractivity contribution in [1.29, 1.82) is 5.26 Å². The molecule has 0 saturated heterocycles. The molecule has 0 aliphatic rings. The molecule has 0 saturated carbocycles. The minimum absolute atomic E-state index is 0.115. The van der Waals surface area contributed by atoms with Crippen molar-refractivity contribution in [2.45, 2.75) is 0 Å². The third kappa shape index (κ3) is 2.47. The van der Waals surface area contributed by atoms with Crippen LogP contribution in [0, 0.1) is 23.0 Å². The SMILES string of the molecule is CN(C(=O)c1ccc(F)cc1F)c1ncccc1C#N. The minimum atomic E-state index is -0.962. The van der Waals surface area contributed by atoms with Gasteiger partial charge in [-0.25, -0.2) is 13.8 Å². The number of benzene rings is 1. The smallest absolute Gasteiger partial charge is 0.262 e. The first-order valence-corrected chi connectivity index (χ1v) is 5.63. The van der Waals surface area contributed by atoms with E-state index >= 15 is 0 Å². The molecule has 100 valence electrons. The highest BCUT2D eigenvalue weighted by atomic mass is 19.1. The van der Waals surface area contributed by atoms with E-state index in [0.717, 1.165) is 17.0 Å². The predicted octanol–water partition coefficient (Wildman–Crippen LogP) is 2.51. The van der Waals surface area contributed by atoms with E-state index in [1.165, 1.54) is 19.3 Å². The number of aromatic nitrogens is 1. The zero-order chi connectivity index (χ0) is 14.7. The van der Waals surface area contributed by atoms with E-state index in [2.05, 4.69) is 4.98 Å². The molecule has 0 atom stereocenters. The van der Waals surface area contributed by atoms with Gasteiger partial charge < -0.3 is 0 Å². The first-order chi connectivity index (χ1) is 9.54. The molecule has 0 unspecified atom stereocenters. The van der Waals surface area contributed by atoms with Crippen LogP contribution in [0.2, 0.25) is 0 Å². The van der Waals surface area contributed by atoms with Crippen molar-refractivity contribution >= 4 is 11.7 Å². The van der Waals surface area contributed by atoms with Crippen molar-refractivity contribution in [3.63, 3.8) is 0 Å². The quantitative estimate of drug-likeness (QED) is 0.844. The first kappa shape index (κ1) is 13.6. The second-order valence-electron chi connectivity index (χ2n) is 3.97. The Labute approximate surface area is 113 Å². The summed E-state index contributed by atoms with van der Waals surface area (Å²) in [5.74, 6) is -2.32. The van der Waals surface area contributed by atoms with E-state index in [4.69, 9.17) is 5.26 Å². The number of anilines is 1. The van der Waals surface area contributed by atoms with E-state index in [9.17, 15) is 13.6 Å². The number of halogens is 2. The molecular weight excluding hydrogens is 264 g/mol. The molecule has 1 aromatic carbocycles. The number of carbonyl (C=O) groups excluding carboxylic acids is 1. The maximum absolute atomic E-state index is 13.6. The van der Waals surface area contributed by atoms with Crippen LogP contribution in [0.1, 0.15) is 15.9 Å². The summed E-state index contributed by atoms with van der Waals surface area (Å²) in [6.45, 7) is 0. The third-order valence-corrected chi connectivity index (χ3v) is 2.69. The van der Waals surface area contributed by atoms with Crippen molar-refractivity contribution in [1.82, 2.24) is 4.98 Å². The molecule has 1 heterocycles. The van der Waals surface area contributed by atoms with Gasteiger partial charge in [-0.1, -0.05) is 0 Å². The van der Waals surface area contributed by atoms with Gasteiger partial charge in [0.15, 0.2) is 5.82 Å². The number of rotatable bonds is 2. The number of hydrogen-bond acceptors (Lipinski definition) is 3. The van der Waals surface area contributed by atoms with Crippen LogP contribution in [-0.4, -0.2) is 17.9 Å². The van der Waals surface area contributed by atoms with Crippen LogP contribution in [0.15, 0.2) is 36.5 Å². The van der Waals surface area contributed by atoms with Crippen LogP contribution < -0.4 is 4.90 Å². The van der Waals surface area contributed by atoms with Crippen molar-refractivity contribution < 1.29 is 13.6 Å². The summed E-state index contributed by atoms with van der Waals surface area (Å²) in [4.78, 5) is 17.1. The number of nitrogens with zero attached hydrogens (tertiary/aromatic N) is 3. The van der Waals surface area contributed by atoms with Gasteiger partial charge in [0.1, 0.15) is 17.7 Å². The molecule has 2 rings (SSSR count). The van der Waals surface area contributed by atoms with Gasteiger partial charge in [-0.15, -0.1) is 0 Å². The number of carbonyl (C=O) groups is 1. The standard InChI is InChI=1S/C14H9F2N3O/c1-19(13-9(8-17)3-2-6-18-13)14(20)11-5-4-10(15)7-12(11)16/h2-7H,1H3. The zero-order valence-electron chi connectivity index (χ0n) is 10.5. The zero-order valence-corrected chi connectivity index (χ0v) is 10.5. The molecule has 0 aliphatic heterocycles. The third-order valence-electron chi connectivity index (χ3n) is 2.69. The average molecular weight is 273 g/mol. The normalized spacial score (nSPS) is 9.90. The highest BCUT2D eigenvalue weighted by Gasteiger charge is 2.20. The van der Waals surface area contributed by atoms with Crippen LogP contribution >= 0.6 is 0 Å². The second kappa shape index (κ2) is 5.45. The lowest BCUT2D eigenvalue weighted by atomic mass is 10.1. The number of pyridine rings is 1. The Morgan fingerprint density at radius 3 is 2.75 bits per heavy atom. The molecule has 2 aromatic rings. The summed E-state index contributed by atoms with van der Waals surface area (Å²) in [7, 11) is 1.37. The Bertz CT molecular complexity index is 710. The summed E-state index contributed by atoms with van der Waals surface area (Å²) in [5.41, 5.74) is -0.102. The molecule has 20 heavy (non-hydrogen) atoms. The largest absolute Gasteiger partial charge is 0.295 e. The monoisotopic (exact) mass is 273 g/mol. The molecular formula is C14H9F2N3O. The average Bonchev–Trinajstić information content (AvgIpc) is 2.45. The highest BCUT2D eigenvalue weighted by Crippen LogP contribution is 2.19. The lowest BCUT2D eigenvalue weighted by Gasteiger charge is -2.17. The van der Waals surface area contributed by atoms with Gasteiger partial charge in [0, 0.05) is 19.3 Å². The van der Waals surface area contributed by atoms with E-state index < -0.39 is 17.5 Å². The summed E-state index contributed by atoms with van der Waals surface area (Å²) >= 11 is 0. The summed E-state index contributed by atoms with van der Waals surface area (Å²) in [5, 5.41) is 8.96. The van der Waals surface area contributed by atoms with Gasteiger partial charge >= 0.3 is 0 Å². The molecule has 0 bridgehead atoms. The van der Waals surface area contributed by atoms with Crippen LogP contribution in [0.5, 0.6) is 0 Å². The Balaban J connectivity index is 2.41. The molecule has 0 spiro atoms. The van der Waals surface area contributed by atoms with Crippen molar-refractivity contribution in [3.8, 4) is 6.07 Å². The number of hydrogen-bond donors (Lipinski definition) is 0. The van der Waals surface area contributed by atoms with E-state index in [-0.39, 0.29) is 16.9 Å². The van der Waals surface area contributed by atoms with Crippen LogP contribution in [0.4, 0.5) is 14.6 Å². The topological polar surface area (TPSA) is 57.0 Å². The Morgan fingerprint density at radius 1 is 1.35 bits per heavy atom. The maximum atomic E-state index is 13.6. The lowest BCUT2D eigenvalue weighted by molar-refractivity contribution is 0.0988. The van der Waals surface area contributed by atoms with E-state index in [0.29, 0.717) is 6.07 Å². The molecule has 0 fully saturated rings. The predicted molar refractivity (Wildman–Crippen MR) is 68.0 cm³/mol. The van der Waals surface area contributed by atoms with Gasteiger partial charge in [0.2, 0.25) is 0 Å². The fourth-order valence-electron chi connectivity index (χ4n) is 1.69. The number of amides is 1. The minimum Gasteiger partial charge on any atom is -0.295 e. The number of nitriles is 1. The maximum Gasteiger partial charge on any atom is 0.262 e. The van der Waals surface area contributed by atoms with Gasteiger partial charge in [-0.05, 0) is 24.3 Å². The highest BCUT2D eigenvalue weighted by molar-refractivity contribution is 6.05. The van der Waals surface area contributed by atoms with E-state index in [1.807, 2.05) is 6.07 Å². The second-order valence-corrected chi connectivity index (χ2v) is 3.97. The molecule has 1 aromatic heterocycles.